The average molecular weight is 261 g/mol. The molecule has 1 amide bonds. The number of nitrogens with one attached hydrogen (secondary N) is 1. The SMILES string of the molecule is Cc1csc(NC(=O)c2cc(N)c(C)cc2C)n1. The van der Waals surface area contributed by atoms with Gasteiger partial charge in [-0.1, -0.05) is 6.07 Å². The number of benzene rings is 1. The van der Waals surface area contributed by atoms with Crippen molar-refractivity contribution in [3.63, 3.8) is 0 Å². The van der Waals surface area contributed by atoms with Gasteiger partial charge in [-0.2, -0.15) is 0 Å². The van der Waals surface area contributed by atoms with E-state index in [1.807, 2.05) is 32.2 Å². The number of rotatable bonds is 2. The van der Waals surface area contributed by atoms with E-state index < -0.39 is 0 Å². The van der Waals surface area contributed by atoms with Gasteiger partial charge >= 0.3 is 0 Å². The topological polar surface area (TPSA) is 68.0 Å². The third-order valence-electron chi connectivity index (χ3n) is 2.70. The van der Waals surface area contributed by atoms with E-state index in [-0.39, 0.29) is 5.91 Å². The number of nitrogen functional groups attached to an aromatic ring is 1. The lowest BCUT2D eigenvalue weighted by Crippen LogP contribution is -2.14. The number of hydrogen-bond donors (Lipinski definition) is 2. The number of anilines is 2. The van der Waals surface area contributed by atoms with E-state index in [9.17, 15) is 4.79 Å². The van der Waals surface area contributed by atoms with Crippen LogP contribution in [0.5, 0.6) is 0 Å². The van der Waals surface area contributed by atoms with Gasteiger partial charge in [0.15, 0.2) is 5.13 Å². The summed E-state index contributed by atoms with van der Waals surface area (Å²) in [4.78, 5) is 16.3. The molecule has 0 aliphatic rings. The average Bonchev–Trinajstić information content (AvgIpc) is 2.69. The maximum absolute atomic E-state index is 12.1. The first-order chi connectivity index (χ1) is 8.47. The highest BCUT2D eigenvalue weighted by Crippen LogP contribution is 2.20. The minimum atomic E-state index is -0.173. The summed E-state index contributed by atoms with van der Waals surface area (Å²) in [5.41, 5.74) is 9.84. The normalized spacial score (nSPS) is 10.4. The van der Waals surface area contributed by atoms with Crippen LogP contribution < -0.4 is 11.1 Å². The number of carbonyl (C=O) groups excluding carboxylic acids is 1. The van der Waals surface area contributed by atoms with E-state index >= 15 is 0 Å². The smallest absolute Gasteiger partial charge is 0.257 e. The van der Waals surface area contributed by atoms with Gasteiger partial charge in [-0.15, -0.1) is 11.3 Å². The van der Waals surface area contributed by atoms with Crippen molar-refractivity contribution in [3.05, 3.63) is 39.9 Å². The predicted molar refractivity (Wildman–Crippen MR) is 75.1 cm³/mol. The zero-order valence-corrected chi connectivity index (χ0v) is 11.4. The molecule has 18 heavy (non-hydrogen) atoms. The lowest BCUT2D eigenvalue weighted by atomic mass is 10.0. The molecule has 0 aliphatic heterocycles. The molecule has 0 saturated carbocycles. The van der Waals surface area contributed by atoms with Crippen LogP contribution in [0.1, 0.15) is 27.2 Å². The Kier molecular flexibility index (Phi) is 3.34. The van der Waals surface area contributed by atoms with E-state index in [2.05, 4.69) is 10.3 Å². The Balaban J connectivity index is 2.26. The molecule has 94 valence electrons. The first kappa shape index (κ1) is 12.6. The molecule has 0 saturated heterocycles. The molecule has 0 spiro atoms. The fraction of sp³-hybridized carbons (Fsp3) is 0.231. The maximum atomic E-state index is 12.1. The van der Waals surface area contributed by atoms with Gasteiger partial charge in [0, 0.05) is 16.6 Å². The molecule has 0 fully saturated rings. The molecule has 0 unspecified atom stereocenters. The Hall–Kier alpha value is -1.88. The van der Waals surface area contributed by atoms with E-state index in [4.69, 9.17) is 5.73 Å². The Morgan fingerprint density at radius 2 is 2.00 bits per heavy atom. The maximum Gasteiger partial charge on any atom is 0.257 e. The van der Waals surface area contributed by atoms with Crippen LogP contribution in [0.4, 0.5) is 10.8 Å². The Morgan fingerprint density at radius 3 is 2.61 bits per heavy atom. The van der Waals surface area contributed by atoms with E-state index in [0.717, 1.165) is 16.8 Å². The number of hydrogen-bond acceptors (Lipinski definition) is 4. The van der Waals surface area contributed by atoms with Crippen LogP contribution >= 0.6 is 11.3 Å². The first-order valence-electron chi connectivity index (χ1n) is 5.57. The summed E-state index contributed by atoms with van der Waals surface area (Å²) in [5, 5.41) is 5.28. The van der Waals surface area contributed by atoms with Crippen molar-refractivity contribution in [2.75, 3.05) is 11.1 Å². The summed E-state index contributed by atoms with van der Waals surface area (Å²) >= 11 is 1.41. The quantitative estimate of drug-likeness (QED) is 0.817. The summed E-state index contributed by atoms with van der Waals surface area (Å²) in [6.45, 7) is 5.71. The standard InChI is InChI=1S/C13H15N3OS/c1-7-4-8(2)11(14)5-10(7)12(17)16-13-15-9(3)6-18-13/h4-6H,14H2,1-3H3,(H,15,16,17). The molecule has 2 rings (SSSR count). The molecule has 1 aromatic heterocycles. The van der Waals surface area contributed by atoms with Crippen LogP contribution in [0, 0.1) is 20.8 Å². The van der Waals surface area contributed by atoms with Crippen molar-refractivity contribution in [2.24, 2.45) is 0 Å². The Bertz CT molecular complexity index is 604. The van der Waals surface area contributed by atoms with Crippen LogP contribution in [-0.2, 0) is 0 Å². The Morgan fingerprint density at radius 1 is 1.28 bits per heavy atom. The second-order valence-electron chi connectivity index (χ2n) is 4.27. The molecule has 2 aromatic rings. The van der Waals surface area contributed by atoms with Gasteiger partial charge in [0.05, 0.1) is 5.69 Å². The third kappa shape index (κ3) is 2.51. The molecule has 1 heterocycles. The van der Waals surface area contributed by atoms with Gasteiger partial charge < -0.3 is 5.73 Å². The molecule has 5 heteroatoms. The molecule has 4 nitrogen and oxygen atoms in total. The summed E-state index contributed by atoms with van der Waals surface area (Å²) in [5.74, 6) is -0.173. The highest BCUT2D eigenvalue weighted by Gasteiger charge is 2.12. The third-order valence-corrected chi connectivity index (χ3v) is 3.57. The van der Waals surface area contributed by atoms with Gasteiger partial charge in [-0.3, -0.25) is 10.1 Å². The highest BCUT2D eigenvalue weighted by molar-refractivity contribution is 7.13. The Labute approximate surface area is 110 Å². The van der Waals surface area contributed by atoms with Crippen molar-refractivity contribution in [1.82, 2.24) is 4.98 Å². The molecule has 1 aromatic carbocycles. The predicted octanol–water partition coefficient (Wildman–Crippen LogP) is 2.90. The minimum Gasteiger partial charge on any atom is -0.398 e. The van der Waals surface area contributed by atoms with Crippen molar-refractivity contribution in [1.29, 1.82) is 0 Å². The van der Waals surface area contributed by atoms with Gasteiger partial charge in [0.1, 0.15) is 0 Å². The number of carbonyl (C=O) groups is 1. The van der Waals surface area contributed by atoms with Crippen LogP contribution in [0.3, 0.4) is 0 Å². The van der Waals surface area contributed by atoms with Crippen LogP contribution in [0.15, 0.2) is 17.5 Å². The lowest BCUT2D eigenvalue weighted by molar-refractivity contribution is 0.102. The highest BCUT2D eigenvalue weighted by atomic mass is 32.1. The number of nitrogens with zero attached hydrogens (tertiary/aromatic N) is 1. The summed E-state index contributed by atoms with van der Waals surface area (Å²) < 4.78 is 0. The van der Waals surface area contributed by atoms with Gasteiger partial charge in [-0.05, 0) is 38.0 Å². The van der Waals surface area contributed by atoms with E-state index in [1.165, 1.54) is 11.3 Å². The molecule has 0 radical (unpaired) electrons. The van der Waals surface area contributed by atoms with Gasteiger partial charge in [0.25, 0.3) is 5.91 Å². The van der Waals surface area contributed by atoms with Crippen LogP contribution in [0.2, 0.25) is 0 Å². The van der Waals surface area contributed by atoms with Crippen molar-refractivity contribution >= 4 is 28.1 Å². The van der Waals surface area contributed by atoms with Crippen molar-refractivity contribution in [3.8, 4) is 0 Å². The van der Waals surface area contributed by atoms with Crippen molar-refractivity contribution in [2.45, 2.75) is 20.8 Å². The first-order valence-corrected chi connectivity index (χ1v) is 6.45. The zero-order valence-electron chi connectivity index (χ0n) is 10.6. The van der Waals surface area contributed by atoms with Crippen LogP contribution in [0.25, 0.3) is 0 Å². The van der Waals surface area contributed by atoms with E-state index in [0.29, 0.717) is 16.4 Å². The molecule has 0 bridgehead atoms. The molecular formula is C13H15N3OS. The second-order valence-corrected chi connectivity index (χ2v) is 5.13. The molecule has 0 aliphatic carbocycles. The number of thiazole rings is 1. The largest absolute Gasteiger partial charge is 0.398 e. The fourth-order valence-electron chi connectivity index (χ4n) is 1.69. The van der Waals surface area contributed by atoms with Gasteiger partial charge in [-0.25, -0.2) is 4.98 Å². The zero-order chi connectivity index (χ0) is 13.3. The number of aryl methyl sites for hydroxylation is 3. The van der Waals surface area contributed by atoms with E-state index in [1.54, 1.807) is 6.07 Å². The number of amides is 1. The summed E-state index contributed by atoms with van der Waals surface area (Å²) in [7, 11) is 0. The second kappa shape index (κ2) is 4.78. The molecule has 3 N–H and O–H groups in total. The monoisotopic (exact) mass is 261 g/mol. The molecular weight excluding hydrogens is 246 g/mol. The molecule has 0 atom stereocenters. The minimum absolute atomic E-state index is 0.173. The lowest BCUT2D eigenvalue weighted by Gasteiger charge is -2.08. The summed E-state index contributed by atoms with van der Waals surface area (Å²) in [6.07, 6.45) is 0. The summed E-state index contributed by atoms with van der Waals surface area (Å²) in [6, 6.07) is 3.62. The van der Waals surface area contributed by atoms with Crippen molar-refractivity contribution < 1.29 is 4.79 Å². The van der Waals surface area contributed by atoms with Gasteiger partial charge in [0.2, 0.25) is 0 Å². The fourth-order valence-corrected chi connectivity index (χ4v) is 2.37. The number of aromatic nitrogens is 1. The number of nitrogens with two attached hydrogens (primary N) is 1. The van der Waals surface area contributed by atoms with Crippen LogP contribution in [-0.4, -0.2) is 10.9 Å².